The topological polar surface area (TPSA) is 154 Å². The molecule has 0 aliphatic carbocycles. The SMILES string of the molecule is Cc1c(NC(=O)c2ccc(CN3CC[C@@H](O)C3)cn2)cccc1-c1cccc(NC(=O)c2cc3n(n2)CCCC3NC[C@@H]2CCC(=O)N2)c1C. The van der Waals surface area contributed by atoms with E-state index in [1.54, 1.807) is 12.3 Å². The predicted octanol–water partition coefficient (Wildman–Crippen LogP) is 4.34. The molecule has 1 unspecified atom stereocenters. The molecule has 3 aliphatic heterocycles. The van der Waals surface area contributed by atoms with Crippen LogP contribution in [0.3, 0.4) is 0 Å². The van der Waals surface area contributed by atoms with Gasteiger partial charge in [-0.05, 0) is 91.6 Å². The van der Waals surface area contributed by atoms with Crippen molar-refractivity contribution in [3.63, 3.8) is 0 Å². The Bertz CT molecular complexity index is 1910. The van der Waals surface area contributed by atoms with Crippen molar-refractivity contribution >= 4 is 29.1 Å². The molecular weight excluding hydrogens is 632 g/mol. The van der Waals surface area contributed by atoms with Crippen molar-refractivity contribution in [3.8, 4) is 11.1 Å². The van der Waals surface area contributed by atoms with Crippen LogP contribution in [0.2, 0.25) is 0 Å². The largest absolute Gasteiger partial charge is 0.392 e. The van der Waals surface area contributed by atoms with Gasteiger partial charge in [0.15, 0.2) is 5.69 Å². The van der Waals surface area contributed by atoms with E-state index in [1.165, 1.54) is 0 Å². The van der Waals surface area contributed by atoms with E-state index in [0.29, 0.717) is 48.8 Å². The van der Waals surface area contributed by atoms with Crippen molar-refractivity contribution in [3.05, 3.63) is 94.6 Å². The molecule has 3 aliphatic rings. The highest BCUT2D eigenvalue weighted by Crippen LogP contribution is 2.34. The Kier molecular flexibility index (Phi) is 9.75. The second-order valence-electron chi connectivity index (χ2n) is 13.7. The van der Waals surface area contributed by atoms with Crippen molar-refractivity contribution in [1.82, 2.24) is 30.3 Å². The first kappa shape index (κ1) is 33.6. The summed E-state index contributed by atoms with van der Waals surface area (Å²) >= 11 is 0. The van der Waals surface area contributed by atoms with Crippen molar-refractivity contribution in [2.24, 2.45) is 0 Å². The van der Waals surface area contributed by atoms with Crippen molar-refractivity contribution in [2.45, 2.75) is 77.2 Å². The standard InChI is InChI=1S/C38H44N8O4/c1-23-28(6-3-8-30(23)42-37(49)33-13-11-25(19-39-33)21-45-17-15-27(47)22-45)29-7-4-9-31(24(29)2)43-38(50)34-18-35-32(10-5-16-46(35)44-34)40-20-26-12-14-36(48)41-26/h3-4,6-9,11,13,18-19,26-27,32,40,47H,5,10,12,14-17,20-22H2,1-2H3,(H,41,48)(H,42,49)(H,43,50)/t26-,27+,32?/m0/s1. The summed E-state index contributed by atoms with van der Waals surface area (Å²) in [4.78, 5) is 44.9. The number of likely N-dealkylation sites (tertiary alicyclic amines) is 1. The summed E-state index contributed by atoms with van der Waals surface area (Å²) in [5, 5.41) is 27.1. The number of nitrogens with one attached hydrogen (secondary N) is 4. The Hall–Kier alpha value is -4.91. The molecule has 3 amide bonds. The Morgan fingerprint density at radius 1 is 0.920 bits per heavy atom. The molecule has 2 fully saturated rings. The number of β-amino-alcohol motifs (C(OH)–C–C–N with tert-alkyl or cyclic N) is 1. The van der Waals surface area contributed by atoms with Crippen LogP contribution in [0.1, 0.15) is 81.5 Å². The number of aryl methyl sites for hydroxylation is 1. The molecule has 2 saturated heterocycles. The third-order valence-corrected chi connectivity index (χ3v) is 10.1. The monoisotopic (exact) mass is 676 g/mol. The number of benzene rings is 2. The van der Waals surface area contributed by atoms with Gasteiger partial charge in [-0.1, -0.05) is 30.3 Å². The van der Waals surface area contributed by atoms with Crippen LogP contribution in [-0.4, -0.2) is 74.3 Å². The summed E-state index contributed by atoms with van der Waals surface area (Å²) in [5.41, 5.74) is 7.72. The molecular formula is C38H44N8O4. The molecule has 0 radical (unpaired) electrons. The summed E-state index contributed by atoms with van der Waals surface area (Å²) in [6.07, 6.45) is 5.53. The minimum atomic E-state index is -0.295. The van der Waals surface area contributed by atoms with Gasteiger partial charge in [-0.15, -0.1) is 0 Å². The summed E-state index contributed by atoms with van der Waals surface area (Å²) in [7, 11) is 0. The molecule has 7 rings (SSSR count). The van der Waals surface area contributed by atoms with Crippen LogP contribution in [0.5, 0.6) is 0 Å². The lowest BCUT2D eigenvalue weighted by Crippen LogP contribution is -2.38. The fourth-order valence-corrected chi connectivity index (χ4v) is 7.28. The van der Waals surface area contributed by atoms with Crippen LogP contribution in [0.4, 0.5) is 11.4 Å². The maximum atomic E-state index is 13.5. The van der Waals surface area contributed by atoms with Gasteiger partial charge in [0.2, 0.25) is 5.91 Å². The van der Waals surface area contributed by atoms with E-state index in [4.69, 9.17) is 0 Å². The number of fused-ring (bicyclic) bond motifs is 1. The lowest BCUT2D eigenvalue weighted by molar-refractivity contribution is -0.119. The van der Waals surface area contributed by atoms with E-state index in [0.717, 1.165) is 72.3 Å². The van der Waals surface area contributed by atoms with Gasteiger partial charge >= 0.3 is 0 Å². The number of amides is 3. The molecule has 5 heterocycles. The first-order valence-electron chi connectivity index (χ1n) is 17.5. The first-order valence-corrected chi connectivity index (χ1v) is 17.5. The van der Waals surface area contributed by atoms with Crippen LogP contribution in [0, 0.1) is 13.8 Å². The van der Waals surface area contributed by atoms with Gasteiger partial charge in [0.05, 0.1) is 11.8 Å². The quantitative estimate of drug-likeness (QED) is 0.166. The van der Waals surface area contributed by atoms with E-state index >= 15 is 0 Å². The maximum absolute atomic E-state index is 13.5. The van der Waals surface area contributed by atoms with Crippen LogP contribution in [0.25, 0.3) is 11.1 Å². The van der Waals surface area contributed by atoms with Gasteiger partial charge in [0, 0.05) is 68.8 Å². The van der Waals surface area contributed by atoms with Gasteiger partial charge in [-0.3, -0.25) is 28.9 Å². The highest BCUT2D eigenvalue weighted by atomic mass is 16.3. The number of hydrogen-bond acceptors (Lipinski definition) is 8. The minimum absolute atomic E-state index is 0.0712. The molecule has 0 spiro atoms. The van der Waals surface area contributed by atoms with Gasteiger partial charge in [-0.2, -0.15) is 5.10 Å². The van der Waals surface area contributed by atoms with Gasteiger partial charge in [0.25, 0.3) is 11.8 Å². The zero-order valence-electron chi connectivity index (χ0n) is 28.5. The molecule has 4 aromatic rings. The van der Waals surface area contributed by atoms with Gasteiger partial charge in [-0.25, -0.2) is 0 Å². The van der Waals surface area contributed by atoms with Crippen molar-refractivity contribution in [2.75, 3.05) is 30.3 Å². The molecule has 3 atom stereocenters. The summed E-state index contributed by atoms with van der Waals surface area (Å²) in [5.74, 6) is -0.468. The first-order chi connectivity index (χ1) is 24.2. The molecule has 0 bridgehead atoms. The Labute approximate surface area is 291 Å². The molecule has 12 nitrogen and oxygen atoms in total. The third-order valence-electron chi connectivity index (χ3n) is 10.1. The number of aliphatic hydroxyl groups excluding tert-OH is 1. The smallest absolute Gasteiger partial charge is 0.276 e. The van der Waals surface area contributed by atoms with Gasteiger partial charge < -0.3 is 26.4 Å². The zero-order chi connectivity index (χ0) is 34.8. The zero-order valence-corrected chi connectivity index (χ0v) is 28.5. The number of nitrogens with zero attached hydrogens (tertiary/aromatic N) is 4. The highest BCUT2D eigenvalue weighted by molar-refractivity contribution is 6.05. The summed E-state index contributed by atoms with van der Waals surface area (Å²) in [6, 6.07) is 17.3. The maximum Gasteiger partial charge on any atom is 0.276 e. The van der Waals surface area contributed by atoms with E-state index < -0.39 is 0 Å². The number of carbonyl (C=O) groups is 3. The Morgan fingerprint density at radius 3 is 2.26 bits per heavy atom. The van der Waals surface area contributed by atoms with Crippen molar-refractivity contribution in [1.29, 1.82) is 0 Å². The number of anilines is 2. The number of aliphatic hydroxyl groups is 1. The predicted molar refractivity (Wildman–Crippen MR) is 191 cm³/mol. The second kappa shape index (κ2) is 14.5. The lowest BCUT2D eigenvalue weighted by Gasteiger charge is -2.25. The van der Waals surface area contributed by atoms with E-state index in [9.17, 15) is 19.5 Å². The normalized spacial score (nSPS) is 20.4. The fourth-order valence-electron chi connectivity index (χ4n) is 7.28. The van der Waals surface area contributed by atoms with E-state index in [2.05, 4.69) is 36.2 Å². The molecule has 0 saturated carbocycles. The van der Waals surface area contributed by atoms with Crippen molar-refractivity contribution < 1.29 is 19.5 Å². The molecule has 2 aromatic heterocycles. The lowest BCUT2D eigenvalue weighted by atomic mass is 9.94. The van der Waals surface area contributed by atoms with E-state index in [1.807, 2.05) is 67.1 Å². The number of pyridine rings is 1. The average molecular weight is 677 g/mol. The molecule has 12 heteroatoms. The number of aromatic nitrogens is 3. The summed E-state index contributed by atoms with van der Waals surface area (Å²) in [6.45, 7) is 7.59. The molecule has 50 heavy (non-hydrogen) atoms. The third kappa shape index (κ3) is 7.32. The Morgan fingerprint density at radius 2 is 1.64 bits per heavy atom. The molecule has 260 valence electrons. The summed E-state index contributed by atoms with van der Waals surface area (Å²) < 4.78 is 1.92. The van der Waals surface area contributed by atoms with Crippen LogP contribution in [-0.2, 0) is 17.9 Å². The fraction of sp³-hybridized carbons (Fsp3) is 0.395. The molecule has 5 N–H and O–H groups in total. The number of rotatable bonds is 10. The van der Waals surface area contributed by atoms with Crippen LogP contribution >= 0.6 is 0 Å². The average Bonchev–Trinajstić information content (AvgIpc) is 3.86. The Balaban J connectivity index is 1.02. The van der Waals surface area contributed by atoms with Gasteiger partial charge in [0.1, 0.15) is 5.69 Å². The van der Waals surface area contributed by atoms with Crippen LogP contribution < -0.4 is 21.3 Å². The minimum Gasteiger partial charge on any atom is -0.392 e. The van der Waals surface area contributed by atoms with Crippen LogP contribution in [0.15, 0.2) is 60.8 Å². The highest BCUT2D eigenvalue weighted by Gasteiger charge is 2.27. The number of hydrogen-bond donors (Lipinski definition) is 5. The van der Waals surface area contributed by atoms with E-state index in [-0.39, 0.29) is 35.9 Å². The second-order valence-corrected chi connectivity index (χ2v) is 13.7. The molecule has 2 aromatic carbocycles. The number of carbonyl (C=O) groups excluding carboxylic acids is 3.